The minimum Gasteiger partial charge on any atom is -0.395 e. The molecule has 2 nitrogen and oxygen atoms in total. The molecule has 0 saturated heterocycles. The Balaban J connectivity index is 3.14. The molecule has 0 aliphatic rings. The van der Waals surface area contributed by atoms with Gasteiger partial charge in [0.15, 0.2) is 0 Å². The predicted octanol–water partition coefficient (Wildman–Crippen LogP) is 1.45. The van der Waals surface area contributed by atoms with E-state index >= 15 is 0 Å². The van der Waals surface area contributed by atoms with E-state index in [0.29, 0.717) is 5.69 Å². The summed E-state index contributed by atoms with van der Waals surface area (Å²) in [5.74, 6) is -0.383. The van der Waals surface area contributed by atoms with Gasteiger partial charge in [-0.15, -0.1) is 0 Å². The van der Waals surface area contributed by atoms with E-state index in [4.69, 9.17) is 5.73 Å². The molecule has 0 radical (unpaired) electrons. The van der Waals surface area contributed by atoms with E-state index in [-0.39, 0.29) is 11.5 Å². The lowest BCUT2D eigenvalue weighted by molar-refractivity contribution is 0.633. The van der Waals surface area contributed by atoms with Gasteiger partial charge in [0.1, 0.15) is 5.82 Å². The van der Waals surface area contributed by atoms with E-state index in [2.05, 4.69) is 5.32 Å². The van der Waals surface area contributed by atoms with Crippen LogP contribution in [0, 0.1) is 5.82 Å². The molecule has 0 atom stereocenters. The Morgan fingerprint density at radius 3 is 2.70 bits per heavy atom. The van der Waals surface area contributed by atoms with Gasteiger partial charge in [0.05, 0.1) is 11.4 Å². The highest BCUT2D eigenvalue weighted by atomic mass is 19.1. The highest BCUT2D eigenvalue weighted by molar-refractivity contribution is 5.65. The molecule has 54 valence electrons. The first kappa shape index (κ1) is 6.86. The van der Waals surface area contributed by atoms with Crippen LogP contribution in [-0.2, 0) is 0 Å². The van der Waals surface area contributed by atoms with Crippen molar-refractivity contribution in [2.75, 3.05) is 18.1 Å². The lowest BCUT2D eigenvalue weighted by Crippen LogP contribution is -1.97. The standard InChI is InChI=1S/C7H9FN2/c1-10-6-4-2-3-5(8)7(6)9/h2-4,10H,9H2,1H3. The Kier molecular flexibility index (Phi) is 1.76. The van der Waals surface area contributed by atoms with Gasteiger partial charge in [-0.2, -0.15) is 0 Å². The molecule has 3 heteroatoms. The van der Waals surface area contributed by atoms with Crippen molar-refractivity contribution < 1.29 is 4.39 Å². The number of anilines is 2. The van der Waals surface area contributed by atoms with Crippen LogP contribution in [0.15, 0.2) is 18.2 Å². The Morgan fingerprint density at radius 1 is 1.50 bits per heavy atom. The first-order valence-corrected chi connectivity index (χ1v) is 2.97. The summed E-state index contributed by atoms with van der Waals surface area (Å²) in [6, 6.07) is 4.66. The number of benzene rings is 1. The van der Waals surface area contributed by atoms with Crippen molar-refractivity contribution in [1.29, 1.82) is 0 Å². The molecular formula is C7H9FN2. The minimum absolute atomic E-state index is 0.171. The van der Waals surface area contributed by atoms with E-state index in [1.54, 1.807) is 19.2 Å². The maximum Gasteiger partial charge on any atom is 0.148 e. The highest BCUT2D eigenvalue weighted by Crippen LogP contribution is 2.19. The number of rotatable bonds is 1. The molecule has 0 unspecified atom stereocenters. The highest BCUT2D eigenvalue weighted by Gasteiger charge is 1.99. The molecule has 10 heavy (non-hydrogen) atoms. The average Bonchev–Trinajstić information content (AvgIpc) is 1.95. The number of nitrogens with two attached hydrogens (primary N) is 1. The fourth-order valence-electron chi connectivity index (χ4n) is 0.755. The van der Waals surface area contributed by atoms with Crippen LogP contribution >= 0.6 is 0 Å². The normalized spacial score (nSPS) is 9.40. The Hall–Kier alpha value is -1.25. The molecular weight excluding hydrogens is 131 g/mol. The van der Waals surface area contributed by atoms with Crippen molar-refractivity contribution in [2.24, 2.45) is 0 Å². The first-order valence-electron chi connectivity index (χ1n) is 2.97. The summed E-state index contributed by atoms with van der Waals surface area (Å²) in [7, 11) is 1.70. The smallest absolute Gasteiger partial charge is 0.148 e. The van der Waals surface area contributed by atoms with Gasteiger partial charge in [-0.1, -0.05) is 6.07 Å². The van der Waals surface area contributed by atoms with Gasteiger partial charge in [-0.3, -0.25) is 0 Å². The topological polar surface area (TPSA) is 38.0 Å². The van der Waals surface area contributed by atoms with Crippen molar-refractivity contribution in [2.45, 2.75) is 0 Å². The van der Waals surface area contributed by atoms with E-state index in [1.165, 1.54) is 6.07 Å². The third-order valence-corrected chi connectivity index (χ3v) is 1.32. The number of halogens is 1. The Morgan fingerprint density at radius 2 is 2.20 bits per heavy atom. The lowest BCUT2D eigenvalue weighted by Gasteiger charge is -2.03. The molecule has 0 fully saturated rings. The van der Waals surface area contributed by atoms with Gasteiger partial charge in [0.25, 0.3) is 0 Å². The van der Waals surface area contributed by atoms with Crippen LogP contribution in [0.4, 0.5) is 15.8 Å². The Bertz CT molecular complexity index is 235. The molecule has 3 N–H and O–H groups in total. The largest absolute Gasteiger partial charge is 0.395 e. The summed E-state index contributed by atoms with van der Waals surface area (Å²) < 4.78 is 12.6. The molecule has 1 aromatic carbocycles. The van der Waals surface area contributed by atoms with Gasteiger partial charge < -0.3 is 11.1 Å². The maximum absolute atomic E-state index is 12.6. The monoisotopic (exact) mass is 140 g/mol. The van der Waals surface area contributed by atoms with Gasteiger partial charge >= 0.3 is 0 Å². The fraction of sp³-hybridized carbons (Fsp3) is 0.143. The number of nitrogen functional groups attached to an aromatic ring is 1. The molecule has 0 saturated carbocycles. The SMILES string of the molecule is CNc1cccc(F)c1N. The van der Waals surface area contributed by atoms with Crippen LogP contribution in [0.2, 0.25) is 0 Å². The summed E-state index contributed by atoms with van der Waals surface area (Å²) in [4.78, 5) is 0. The van der Waals surface area contributed by atoms with Crippen LogP contribution < -0.4 is 11.1 Å². The van der Waals surface area contributed by atoms with Gasteiger partial charge in [0, 0.05) is 7.05 Å². The lowest BCUT2D eigenvalue weighted by atomic mass is 10.2. The fourth-order valence-corrected chi connectivity index (χ4v) is 0.755. The maximum atomic E-state index is 12.6. The van der Waals surface area contributed by atoms with Gasteiger partial charge in [-0.05, 0) is 12.1 Å². The quantitative estimate of drug-likeness (QED) is 0.579. The van der Waals surface area contributed by atoms with Crippen LogP contribution in [0.1, 0.15) is 0 Å². The van der Waals surface area contributed by atoms with E-state index in [1.807, 2.05) is 0 Å². The summed E-state index contributed by atoms with van der Waals surface area (Å²) >= 11 is 0. The van der Waals surface area contributed by atoms with Crippen molar-refractivity contribution in [3.8, 4) is 0 Å². The number of nitrogens with one attached hydrogen (secondary N) is 1. The third-order valence-electron chi connectivity index (χ3n) is 1.32. The summed E-state index contributed by atoms with van der Waals surface area (Å²) in [6.45, 7) is 0. The van der Waals surface area contributed by atoms with E-state index < -0.39 is 0 Å². The van der Waals surface area contributed by atoms with Gasteiger partial charge in [-0.25, -0.2) is 4.39 Å². The van der Waals surface area contributed by atoms with Crippen molar-refractivity contribution in [1.82, 2.24) is 0 Å². The Labute approximate surface area is 58.9 Å². The zero-order valence-corrected chi connectivity index (χ0v) is 5.69. The molecule has 0 amide bonds. The molecule has 1 rings (SSSR count). The van der Waals surface area contributed by atoms with Crippen LogP contribution in [0.5, 0.6) is 0 Å². The van der Waals surface area contributed by atoms with Crippen LogP contribution in [-0.4, -0.2) is 7.05 Å². The van der Waals surface area contributed by atoms with Crippen LogP contribution in [0.25, 0.3) is 0 Å². The second-order valence-electron chi connectivity index (χ2n) is 1.95. The minimum atomic E-state index is -0.383. The van der Waals surface area contributed by atoms with Gasteiger partial charge in [0.2, 0.25) is 0 Å². The van der Waals surface area contributed by atoms with Crippen molar-refractivity contribution in [3.63, 3.8) is 0 Å². The second-order valence-corrected chi connectivity index (χ2v) is 1.95. The van der Waals surface area contributed by atoms with Crippen molar-refractivity contribution in [3.05, 3.63) is 24.0 Å². The molecule has 0 aliphatic carbocycles. The summed E-state index contributed by atoms with van der Waals surface area (Å²) in [5.41, 5.74) is 6.15. The average molecular weight is 140 g/mol. The molecule has 0 bridgehead atoms. The van der Waals surface area contributed by atoms with Crippen molar-refractivity contribution >= 4 is 11.4 Å². The molecule has 0 aliphatic heterocycles. The molecule has 0 aromatic heterocycles. The van der Waals surface area contributed by atoms with Crippen LogP contribution in [0.3, 0.4) is 0 Å². The number of para-hydroxylation sites is 1. The summed E-state index contributed by atoms with van der Waals surface area (Å²) in [5, 5.41) is 2.77. The first-order chi connectivity index (χ1) is 4.75. The molecule has 0 spiro atoms. The molecule has 1 aromatic rings. The third kappa shape index (κ3) is 1.03. The van der Waals surface area contributed by atoms with E-state index in [0.717, 1.165) is 0 Å². The molecule has 0 heterocycles. The predicted molar refractivity (Wildman–Crippen MR) is 40.4 cm³/mol. The summed E-state index contributed by atoms with van der Waals surface area (Å²) in [6.07, 6.45) is 0. The second kappa shape index (κ2) is 2.56. The van der Waals surface area contributed by atoms with E-state index in [9.17, 15) is 4.39 Å². The number of hydrogen-bond acceptors (Lipinski definition) is 2. The zero-order chi connectivity index (χ0) is 7.56. The zero-order valence-electron chi connectivity index (χ0n) is 5.69. The number of hydrogen-bond donors (Lipinski definition) is 2.